The van der Waals surface area contributed by atoms with E-state index >= 15 is 0 Å². The lowest BCUT2D eigenvalue weighted by Crippen LogP contribution is -2.08. The van der Waals surface area contributed by atoms with E-state index in [9.17, 15) is 4.79 Å². The van der Waals surface area contributed by atoms with Gasteiger partial charge in [-0.2, -0.15) is 0 Å². The van der Waals surface area contributed by atoms with E-state index in [4.69, 9.17) is 0 Å². The number of carbonyl (C=O) groups excluding carboxylic acids is 1. The molecule has 0 spiro atoms. The number of allylic oxidation sites excluding steroid dienone is 4. The Hall–Kier alpha value is -2.93. The fraction of sp³-hybridized carbons (Fsp3) is 0.323. The largest absolute Gasteiger partial charge is 0.299 e. The van der Waals surface area contributed by atoms with Gasteiger partial charge >= 0.3 is 0 Å². The Kier molecular flexibility index (Phi) is 7.05. The number of carbonyl (C=O) groups is 1. The molecule has 0 bridgehead atoms. The monoisotopic (exact) mass is 422 g/mol. The Labute approximate surface area is 192 Å². The highest BCUT2D eigenvalue weighted by molar-refractivity contribution is 5.90. The molecule has 0 aliphatic heterocycles. The van der Waals surface area contributed by atoms with Crippen molar-refractivity contribution in [2.75, 3.05) is 0 Å². The van der Waals surface area contributed by atoms with Gasteiger partial charge in [0.1, 0.15) is 5.78 Å². The molecule has 1 atom stereocenters. The predicted molar refractivity (Wildman–Crippen MR) is 136 cm³/mol. The van der Waals surface area contributed by atoms with Crippen LogP contribution in [-0.2, 0) is 17.6 Å². The van der Waals surface area contributed by atoms with Crippen molar-refractivity contribution in [1.29, 1.82) is 0 Å². The molecule has 4 rings (SSSR count). The van der Waals surface area contributed by atoms with Crippen LogP contribution in [0.2, 0.25) is 0 Å². The molecule has 3 aromatic carbocycles. The highest BCUT2D eigenvalue weighted by atomic mass is 16.1. The van der Waals surface area contributed by atoms with Crippen molar-refractivity contribution >= 4 is 16.6 Å². The Morgan fingerprint density at radius 2 is 1.50 bits per heavy atom. The summed E-state index contributed by atoms with van der Waals surface area (Å²) in [5, 5.41) is 2.41. The third kappa shape index (κ3) is 5.27. The second-order valence-corrected chi connectivity index (χ2v) is 9.29. The van der Waals surface area contributed by atoms with E-state index in [2.05, 4.69) is 93.6 Å². The minimum absolute atomic E-state index is 0.334. The lowest BCUT2D eigenvalue weighted by Gasteiger charge is -2.18. The Balaban J connectivity index is 1.32. The first-order chi connectivity index (χ1) is 15.5. The summed E-state index contributed by atoms with van der Waals surface area (Å²) in [6, 6.07) is 21.5. The van der Waals surface area contributed by atoms with Gasteiger partial charge in [-0.1, -0.05) is 102 Å². The topological polar surface area (TPSA) is 17.1 Å². The summed E-state index contributed by atoms with van der Waals surface area (Å²) in [7, 11) is 0. The Bertz CT molecular complexity index is 1150. The molecule has 1 nitrogen and oxygen atoms in total. The zero-order valence-corrected chi connectivity index (χ0v) is 19.7. The van der Waals surface area contributed by atoms with Crippen molar-refractivity contribution in [2.24, 2.45) is 5.92 Å². The molecule has 0 heterocycles. The predicted octanol–water partition coefficient (Wildman–Crippen LogP) is 7.87. The second-order valence-electron chi connectivity index (χ2n) is 9.29. The van der Waals surface area contributed by atoms with Crippen molar-refractivity contribution < 1.29 is 4.79 Å². The maximum Gasteiger partial charge on any atom is 0.137 e. The molecule has 0 fully saturated rings. The van der Waals surface area contributed by atoms with Gasteiger partial charge in [0.15, 0.2) is 0 Å². The van der Waals surface area contributed by atoms with Gasteiger partial charge in [-0.05, 0) is 61.4 Å². The molecule has 32 heavy (non-hydrogen) atoms. The van der Waals surface area contributed by atoms with Crippen LogP contribution in [0, 0.1) is 19.8 Å². The fourth-order valence-electron chi connectivity index (χ4n) is 5.26. The lowest BCUT2D eigenvalue weighted by atomic mass is 9.86. The number of hydrogen-bond donors (Lipinski definition) is 0. The number of Topliss-reactive ketones (excluding diaryl/α,β-unsaturated/α-hetero) is 1. The highest BCUT2D eigenvalue weighted by Gasteiger charge is 2.21. The first-order valence-corrected chi connectivity index (χ1v) is 12.0. The number of rotatable bonds is 9. The van der Waals surface area contributed by atoms with E-state index in [-0.39, 0.29) is 0 Å². The zero-order chi connectivity index (χ0) is 22.5. The maximum absolute atomic E-state index is 12.8. The number of fused-ring (bicyclic) bond motifs is 1. The normalized spacial score (nSPS) is 15.7. The number of hydrogen-bond acceptors (Lipinski definition) is 1. The molecule has 1 unspecified atom stereocenters. The van der Waals surface area contributed by atoms with Gasteiger partial charge in [-0.15, -0.1) is 0 Å². The highest BCUT2D eigenvalue weighted by Crippen LogP contribution is 2.35. The van der Waals surface area contributed by atoms with E-state index in [0.29, 0.717) is 24.5 Å². The zero-order valence-electron chi connectivity index (χ0n) is 19.7. The van der Waals surface area contributed by atoms with Gasteiger partial charge in [0.2, 0.25) is 0 Å². The molecule has 0 saturated heterocycles. The number of benzene rings is 3. The van der Waals surface area contributed by atoms with Gasteiger partial charge in [0, 0.05) is 18.8 Å². The molecule has 0 saturated carbocycles. The molecule has 1 aliphatic rings. The molecule has 1 heteroatoms. The van der Waals surface area contributed by atoms with E-state index in [1.807, 2.05) is 0 Å². The summed E-state index contributed by atoms with van der Waals surface area (Å²) >= 11 is 0. The third-order valence-electron chi connectivity index (χ3n) is 6.76. The summed E-state index contributed by atoms with van der Waals surface area (Å²) in [6.07, 6.45) is 9.95. The Morgan fingerprint density at radius 3 is 2.25 bits per heavy atom. The van der Waals surface area contributed by atoms with Crippen LogP contribution in [0.1, 0.15) is 54.9 Å². The molecule has 0 amide bonds. The summed E-state index contributed by atoms with van der Waals surface area (Å²) in [5.41, 5.74) is 8.23. The molecule has 164 valence electrons. The van der Waals surface area contributed by atoms with Crippen molar-refractivity contribution in [1.82, 2.24) is 0 Å². The van der Waals surface area contributed by atoms with Gasteiger partial charge < -0.3 is 0 Å². The van der Waals surface area contributed by atoms with Crippen LogP contribution in [-0.4, -0.2) is 5.78 Å². The smallest absolute Gasteiger partial charge is 0.137 e. The number of ketones is 1. The summed E-state index contributed by atoms with van der Waals surface area (Å²) in [5.74, 6) is 0.840. The third-order valence-corrected chi connectivity index (χ3v) is 6.76. The fourth-order valence-corrected chi connectivity index (χ4v) is 5.26. The first kappa shape index (κ1) is 22.3. The second kappa shape index (κ2) is 10.1. The van der Waals surface area contributed by atoms with E-state index in [1.54, 1.807) is 0 Å². The van der Waals surface area contributed by atoms with Crippen molar-refractivity contribution in [2.45, 2.75) is 59.3 Å². The standard InChI is InChI=1S/C31H34O/c1-4-30-26(13-12-24-19-22(2)18-23(3)20-24)14-15-27(30)16-17-29(32)21-28-10-7-9-25-8-5-6-11-31(25)28/h5-11,14-15,18-20,30H,4,12-13,16-17,21H2,1-3H3. The van der Waals surface area contributed by atoms with Crippen molar-refractivity contribution in [3.05, 3.63) is 106 Å². The molecule has 0 radical (unpaired) electrons. The molecule has 0 N–H and O–H groups in total. The average Bonchev–Trinajstić information content (AvgIpc) is 3.18. The number of aryl methyl sites for hydroxylation is 3. The van der Waals surface area contributed by atoms with Crippen LogP contribution in [0.4, 0.5) is 0 Å². The SMILES string of the molecule is CCC1C(CCC(=O)Cc2cccc3ccccc23)=CC=C1CCc1cc(C)cc(C)c1. The minimum Gasteiger partial charge on any atom is -0.299 e. The maximum atomic E-state index is 12.8. The van der Waals surface area contributed by atoms with Crippen LogP contribution < -0.4 is 0 Å². The summed E-state index contributed by atoms with van der Waals surface area (Å²) in [4.78, 5) is 12.8. The first-order valence-electron chi connectivity index (χ1n) is 12.0. The molecule has 0 aromatic heterocycles. The van der Waals surface area contributed by atoms with E-state index < -0.39 is 0 Å². The Morgan fingerprint density at radius 1 is 0.812 bits per heavy atom. The van der Waals surface area contributed by atoms with Crippen molar-refractivity contribution in [3.63, 3.8) is 0 Å². The minimum atomic E-state index is 0.334. The molecule has 3 aromatic rings. The van der Waals surface area contributed by atoms with E-state index in [1.165, 1.54) is 38.6 Å². The summed E-state index contributed by atoms with van der Waals surface area (Å²) < 4.78 is 0. The molecular weight excluding hydrogens is 388 g/mol. The van der Waals surface area contributed by atoms with Gasteiger partial charge in [-0.25, -0.2) is 0 Å². The van der Waals surface area contributed by atoms with Crippen LogP contribution >= 0.6 is 0 Å². The van der Waals surface area contributed by atoms with Crippen molar-refractivity contribution in [3.8, 4) is 0 Å². The molecule has 1 aliphatic carbocycles. The lowest BCUT2D eigenvalue weighted by molar-refractivity contribution is -0.118. The molecular formula is C31H34O. The van der Waals surface area contributed by atoms with Gasteiger partial charge in [0.05, 0.1) is 0 Å². The van der Waals surface area contributed by atoms with Crippen LogP contribution in [0.3, 0.4) is 0 Å². The summed E-state index contributed by atoms with van der Waals surface area (Å²) in [6.45, 7) is 6.62. The van der Waals surface area contributed by atoms with Crippen LogP contribution in [0.15, 0.2) is 84.0 Å². The quantitative estimate of drug-likeness (QED) is 0.343. The van der Waals surface area contributed by atoms with E-state index in [0.717, 1.165) is 31.2 Å². The average molecular weight is 423 g/mol. The van der Waals surface area contributed by atoms with Gasteiger partial charge in [-0.3, -0.25) is 4.79 Å². The van der Waals surface area contributed by atoms with Gasteiger partial charge in [0.25, 0.3) is 0 Å². The van der Waals surface area contributed by atoms with Crippen LogP contribution in [0.5, 0.6) is 0 Å². The van der Waals surface area contributed by atoms with Crippen LogP contribution in [0.25, 0.3) is 10.8 Å².